The lowest BCUT2D eigenvalue weighted by Gasteiger charge is -2.22. The minimum atomic E-state index is -1.02. The molecule has 2 heterocycles. The third-order valence-electron chi connectivity index (χ3n) is 2.72. The first-order valence-electron chi connectivity index (χ1n) is 5.45. The van der Waals surface area contributed by atoms with Gasteiger partial charge in [0.2, 0.25) is 0 Å². The number of aliphatic hydroxyl groups is 1. The second-order valence-corrected chi connectivity index (χ2v) is 5.25. The van der Waals surface area contributed by atoms with Gasteiger partial charge in [-0.2, -0.15) is 0 Å². The standard InChI is InChI=1S/C13H14FNOS/c1-13(16,7-6-11-3-2-8-17-11)12-5-4-10(14)9-15-12/h2-5,8-9,16H,6-7H2,1H3. The fourth-order valence-corrected chi connectivity index (χ4v) is 2.35. The first-order valence-corrected chi connectivity index (χ1v) is 6.33. The average Bonchev–Trinajstić information content (AvgIpc) is 2.80. The van der Waals surface area contributed by atoms with Crippen LogP contribution in [-0.4, -0.2) is 10.1 Å². The molecule has 0 spiro atoms. The lowest BCUT2D eigenvalue weighted by Crippen LogP contribution is -2.23. The number of aromatic nitrogens is 1. The number of nitrogens with zero attached hydrogens (tertiary/aromatic N) is 1. The number of pyridine rings is 1. The number of thiophene rings is 1. The lowest BCUT2D eigenvalue weighted by molar-refractivity contribution is 0.0436. The predicted molar refractivity (Wildman–Crippen MR) is 66.4 cm³/mol. The fraction of sp³-hybridized carbons (Fsp3) is 0.308. The van der Waals surface area contributed by atoms with Crippen LogP contribution in [0.2, 0.25) is 0 Å². The van der Waals surface area contributed by atoms with Gasteiger partial charge < -0.3 is 5.11 Å². The first kappa shape index (κ1) is 12.2. The topological polar surface area (TPSA) is 33.1 Å². The van der Waals surface area contributed by atoms with E-state index in [1.807, 2.05) is 17.5 Å². The minimum Gasteiger partial charge on any atom is -0.384 e. The van der Waals surface area contributed by atoms with E-state index in [-0.39, 0.29) is 5.82 Å². The van der Waals surface area contributed by atoms with Crippen molar-refractivity contribution in [1.29, 1.82) is 0 Å². The van der Waals surface area contributed by atoms with Crippen molar-refractivity contribution in [3.8, 4) is 0 Å². The van der Waals surface area contributed by atoms with Crippen LogP contribution in [0.15, 0.2) is 35.8 Å². The largest absolute Gasteiger partial charge is 0.384 e. The second-order valence-electron chi connectivity index (χ2n) is 4.21. The quantitative estimate of drug-likeness (QED) is 0.905. The van der Waals surface area contributed by atoms with Crippen molar-refractivity contribution < 1.29 is 9.50 Å². The van der Waals surface area contributed by atoms with Gasteiger partial charge in [0, 0.05) is 4.88 Å². The Hall–Kier alpha value is -1.26. The zero-order valence-corrected chi connectivity index (χ0v) is 10.4. The Morgan fingerprint density at radius 1 is 1.41 bits per heavy atom. The Labute approximate surface area is 104 Å². The van der Waals surface area contributed by atoms with Crippen molar-refractivity contribution in [2.75, 3.05) is 0 Å². The third-order valence-corrected chi connectivity index (χ3v) is 3.65. The van der Waals surface area contributed by atoms with Crippen molar-refractivity contribution in [2.24, 2.45) is 0 Å². The molecule has 90 valence electrons. The molecule has 4 heteroatoms. The highest BCUT2D eigenvalue weighted by molar-refractivity contribution is 7.09. The number of aryl methyl sites for hydroxylation is 1. The van der Waals surface area contributed by atoms with E-state index in [4.69, 9.17) is 0 Å². The summed E-state index contributed by atoms with van der Waals surface area (Å²) in [6.45, 7) is 1.71. The van der Waals surface area contributed by atoms with Crippen LogP contribution in [0.3, 0.4) is 0 Å². The normalized spacial score (nSPS) is 14.5. The molecule has 0 fully saturated rings. The van der Waals surface area contributed by atoms with Gasteiger partial charge in [-0.1, -0.05) is 6.07 Å². The molecule has 2 rings (SSSR count). The van der Waals surface area contributed by atoms with Crippen molar-refractivity contribution in [2.45, 2.75) is 25.4 Å². The van der Waals surface area contributed by atoms with Gasteiger partial charge in [-0.05, 0) is 43.3 Å². The zero-order chi connectivity index (χ0) is 12.3. The van der Waals surface area contributed by atoms with Crippen molar-refractivity contribution >= 4 is 11.3 Å². The molecular weight excluding hydrogens is 237 g/mol. The van der Waals surface area contributed by atoms with E-state index in [2.05, 4.69) is 4.98 Å². The maximum Gasteiger partial charge on any atom is 0.141 e. The van der Waals surface area contributed by atoms with E-state index in [1.165, 1.54) is 17.0 Å². The summed E-state index contributed by atoms with van der Waals surface area (Å²) in [5.74, 6) is -0.386. The van der Waals surface area contributed by atoms with Crippen LogP contribution in [0.25, 0.3) is 0 Å². The fourth-order valence-electron chi connectivity index (χ4n) is 1.64. The number of rotatable bonds is 4. The van der Waals surface area contributed by atoms with Crippen LogP contribution in [0.5, 0.6) is 0 Å². The molecular formula is C13H14FNOS. The summed E-state index contributed by atoms with van der Waals surface area (Å²) in [4.78, 5) is 5.16. The smallest absolute Gasteiger partial charge is 0.141 e. The van der Waals surface area contributed by atoms with Gasteiger partial charge >= 0.3 is 0 Å². The monoisotopic (exact) mass is 251 g/mol. The van der Waals surface area contributed by atoms with E-state index in [0.717, 1.165) is 12.6 Å². The maximum absolute atomic E-state index is 12.7. The van der Waals surface area contributed by atoms with Gasteiger partial charge in [0.05, 0.1) is 11.9 Å². The van der Waals surface area contributed by atoms with Gasteiger partial charge in [-0.3, -0.25) is 4.98 Å². The molecule has 2 aromatic rings. The molecule has 0 bridgehead atoms. The molecule has 1 N–H and O–H groups in total. The highest BCUT2D eigenvalue weighted by Gasteiger charge is 2.24. The summed E-state index contributed by atoms with van der Waals surface area (Å²) < 4.78 is 12.7. The van der Waals surface area contributed by atoms with Gasteiger partial charge in [-0.15, -0.1) is 11.3 Å². The Morgan fingerprint density at radius 2 is 2.24 bits per heavy atom. The van der Waals surface area contributed by atoms with E-state index >= 15 is 0 Å². The lowest BCUT2D eigenvalue weighted by atomic mass is 9.95. The predicted octanol–water partition coefficient (Wildman–Crippen LogP) is 3.12. The van der Waals surface area contributed by atoms with E-state index in [1.54, 1.807) is 18.3 Å². The summed E-state index contributed by atoms with van der Waals surface area (Å²) in [7, 11) is 0. The molecule has 0 aromatic carbocycles. The zero-order valence-electron chi connectivity index (χ0n) is 9.56. The number of halogens is 1. The van der Waals surface area contributed by atoms with Gasteiger partial charge in [-0.25, -0.2) is 4.39 Å². The van der Waals surface area contributed by atoms with E-state index in [0.29, 0.717) is 12.1 Å². The molecule has 0 aliphatic carbocycles. The highest BCUT2D eigenvalue weighted by Crippen LogP contribution is 2.25. The molecule has 0 saturated heterocycles. The molecule has 0 radical (unpaired) electrons. The van der Waals surface area contributed by atoms with Crippen LogP contribution in [0, 0.1) is 5.82 Å². The van der Waals surface area contributed by atoms with Gasteiger partial charge in [0.15, 0.2) is 0 Å². The van der Waals surface area contributed by atoms with Crippen molar-refractivity contribution in [3.63, 3.8) is 0 Å². The first-order chi connectivity index (χ1) is 8.08. The summed E-state index contributed by atoms with van der Waals surface area (Å²) in [6, 6.07) is 6.88. The van der Waals surface area contributed by atoms with Crippen LogP contribution in [0.1, 0.15) is 23.9 Å². The molecule has 1 atom stereocenters. The Bertz CT molecular complexity index is 465. The third kappa shape index (κ3) is 3.11. The molecule has 2 nitrogen and oxygen atoms in total. The SMILES string of the molecule is CC(O)(CCc1cccs1)c1ccc(F)cn1. The second kappa shape index (κ2) is 4.94. The molecule has 1 unspecified atom stereocenters. The number of hydrogen-bond acceptors (Lipinski definition) is 3. The Morgan fingerprint density at radius 3 is 2.82 bits per heavy atom. The van der Waals surface area contributed by atoms with Crippen LogP contribution in [-0.2, 0) is 12.0 Å². The molecule has 17 heavy (non-hydrogen) atoms. The summed E-state index contributed by atoms with van der Waals surface area (Å²) in [5, 5.41) is 12.3. The average molecular weight is 251 g/mol. The van der Waals surface area contributed by atoms with E-state index in [9.17, 15) is 9.50 Å². The van der Waals surface area contributed by atoms with Crippen LogP contribution >= 0.6 is 11.3 Å². The molecule has 2 aromatic heterocycles. The van der Waals surface area contributed by atoms with Crippen molar-refractivity contribution in [1.82, 2.24) is 4.98 Å². The molecule has 0 aliphatic heterocycles. The molecule has 0 amide bonds. The van der Waals surface area contributed by atoms with Crippen molar-refractivity contribution in [3.05, 3.63) is 52.2 Å². The van der Waals surface area contributed by atoms with Crippen LogP contribution < -0.4 is 0 Å². The van der Waals surface area contributed by atoms with Gasteiger partial charge in [0.1, 0.15) is 11.4 Å². The molecule has 0 saturated carbocycles. The highest BCUT2D eigenvalue weighted by atomic mass is 32.1. The summed E-state index contributed by atoms with van der Waals surface area (Å²) >= 11 is 1.67. The summed E-state index contributed by atoms with van der Waals surface area (Å²) in [5.41, 5.74) is -0.506. The molecule has 0 aliphatic rings. The van der Waals surface area contributed by atoms with Gasteiger partial charge in [0.25, 0.3) is 0 Å². The van der Waals surface area contributed by atoms with Crippen LogP contribution in [0.4, 0.5) is 4.39 Å². The maximum atomic E-state index is 12.7. The van der Waals surface area contributed by atoms with E-state index < -0.39 is 5.60 Å². The Kier molecular flexibility index (Phi) is 3.54. The Balaban J connectivity index is 2.05. The minimum absolute atomic E-state index is 0.386. The summed E-state index contributed by atoms with van der Waals surface area (Å²) in [6.07, 6.45) is 2.50. The number of hydrogen-bond donors (Lipinski definition) is 1.